The largest absolute Gasteiger partial charge is 0.768 e. The molecule has 2 aromatic rings. The molecule has 1 saturated heterocycles. The SMILES string of the molecule is N=C(N)SC(=N)C(F)(F)F.O=C1[C@@H](N2CCCc3cc(Cl)ccc32)CCN1c1ccc(S(=O)[O-])cc1.[HH]. The fourth-order valence-electron chi connectivity index (χ4n) is 4.03. The van der Waals surface area contributed by atoms with Gasteiger partial charge in [0.2, 0.25) is 5.91 Å². The van der Waals surface area contributed by atoms with E-state index in [9.17, 15) is 26.7 Å². The topological polar surface area (TPSA) is 137 Å². The number of alkyl halides is 3. The first-order valence-electron chi connectivity index (χ1n) is 10.6. The molecule has 1 fully saturated rings. The van der Waals surface area contributed by atoms with Crippen LogP contribution in [0.3, 0.4) is 0 Å². The second-order valence-corrected chi connectivity index (χ2v) is 10.3. The van der Waals surface area contributed by atoms with E-state index in [-0.39, 0.29) is 30.0 Å². The van der Waals surface area contributed by atoms with Crippen molar-refractivity contribution >= 4 is 61.9 Å². The Labute approximate surface area is 218 Å². The third kappa shape index (κ3) is 6.78. The number of rotatable bonds is 3. The van der Waals surface area contributed by atoms with E-state index in [1.165, 1.54) is 17.7 Å². The molecule has 4 N–H and O–H groups in total. The molecule has 0 spiro atoms. The molecule has 2 aliphatic rings. The molecule has 196 valence electrons. The first-order valence-corrected chi connectivity index (χ1v) is 12.9. The Morgan fingerprint density at radius 3 is 2.42 bits per heavy atom. The molecule has 1 unspecified atom stereocenters. The number of fused-ring (bicyclic) bond motifs is 1. The molecule has 1 amide bonds. The number of benzene rings is 2. The Bertz CT molecular complexity index is 1190. The zero-order valence-electron chi connectivity index (χ0n) is 18.7. The number of aryl methyl sites for hydroxylation is 1. The van der Waals surface area contributed by atoms with Gasteiger partial charge in [-0.05, 0) is 90.1 Å². The van der Waals surface area contributed by atoms with Gasteiger partial charge in [-0.15, -0.1) is 0 Å². The number of amidine groups is 1. The predicted octanol–water partition coefficient (Wildman–Crippen LogP) is 4.53. The lowest BCUT2D eigenvalue weighted by molar-refractivity contribution is -0.118. The lowest BCUT2D eigenvalue weighted by atomic mass is 9.99. The van der Waals surface area contributed by atoms with Crippen molar-refractivity contribution in [2.45, 2.75) is 36.4 Å². The Morgan fingerprint density at radius 2 is 1.86 bits per heavy atom. The number of carbonyl (C=O) groups excluding carboxylic acids is 1. The van der Waals surface area contributed by atoms with Gasteiger partial charge in [0.1, 0.15) is 6.04 Å². The summed E-state index contributed by atoms with van der Waals surface area (Å²) in [6.07, 6.45) is -1.96. The van der Waals surface area contributed by atoms with Crippen LogP contribution in [-0.4, -0.2) is 50.2 Å². The van der Waals surface area contributed by atoms with Crippen LogP contribution in [0.4, 0.5) is 24.5 Å². The molecule has 0 aliphatic carbocycles. The van der Waals surface area contributed by atoms with E-state index in [0.29, 0.717) is 6.54 Å². The number of thioether (sulfide) groups is 1. The van der Waals surface area contributed by atoms with Gasteiger partial charge in [0.15, 0.2) is 10.2 Å². The number of anilines is 2. The highest BCUT2D eigenvalue weighted by Crippen LogP contribution is 2.34. The highest BCUT2D eigenvalue weighted by Gasteiger charge is 2.38. The number of nitrogens with two attached hydrogens (primary N) is 1. The van der Waals surface area contributed by atoms with Crippen LogP contribution in [0, 0.1) is 10.8 Å². The van der Waals surface area contributed by atoms with E-state index < -0.39 is 27.5 Å². The fraction of sp³-hybridized carbons (Fsp3) is 0.318. The maximum atomic E-state index is 13.0. The van der Waals surface area contributed by atoms with Crippen LogP contribution in [0.5, 0.6) is 0 Å². The number of halogens is 4. The summed E-state index contributed by atoms with van der Waals surface area (Å²) in [5.41, 5.74) is 7.62. The highest BCUT2D eigenvalue weighted by molar-refractivity contribution is 8.26. The van der Waals surface area contributed by atoms with E-state index >= 15 is 0 Å². The van der Waals surface area contributed by atoms with E-state index in [2.05, 4.69) is 10.6 Å². The summed E-state index contributed by atoms with van der Waals surface area (Å²) in [6.45, 7) is 1.48. The number of hydrogen-bond acceptors (Lipinski definition) is 7. The molecule has 8 nitrogen and oxygen atoms in total. The maximum Gasteiger partial charge on any atom is 0.439 e. The Morgan fingerprint density at radius 1 is 1.19 bits per heavy atom. The van der Waals surface area contributed by atoms with Crippen LogP contribution in [0.1, 0.15) is 19.8 Å². The first-order chi connectivity index (χ1) is 16.9. The van der Waals surface area contributed by atoms with Crippen molar-refractivity contribution in [2.75, 3.05) is 22.9 Å². The van der Waals surface area contributed by atoms with Gasteiger partial charge < -0.3 is 20.1 Å². The number of amides is 1. The molecule has 36 heavy (non-hydrogen) atoms. The summed E-state index contributed by atoms with van der Waals surface area (Å²) in [4.78, 5) is 17.2. The molecule has 2 heterocycles. The summed E-state index contributed by atoms with van der Waals surface area (Å²) in [6, 6.07) is 12.1. The van der Waals surface area contributed by atoms with Crippen LogP contribution in [0.2, 0.25) is 5.02 Å². The van der Waals surface area contributed by atoms with Crippen molar-refractivity contribution in [1.82, 2.24) is 0 Å². The van der Waals surface area contributed by atoms with Crippen LogP contribution >= 0.6 is 23.4 Å². The predicted molar refractivity (Wildman–Crippen MR) is 137 cm³/mol. The second-order valence-electron chi connectivity index (χ2n) is 7.89. The third-order valence-corrected chi connectivity index (χ3v) is 7.11. The van der Waals surface area contributed by atoms with Gasteiger partial charge in [0.05, 0.1) is 0 Å². The standard InChI is InChI=1S/C19H19ClN2O3S.C3H4F3N3S.H2/c20-14-3-8-17-13(12-14)2-1-10-22(17)18-9-11-21(19(18)23)15-4-6-16(7-5-15)26(24)25;4-3(5,6)1(7)10-2(8)9;/h3-8,12,18H,1-2,9-11H2,(H,24,25);7H,(H3,8,9);1H/p-1/t18-;;/m0../s1. The van der Waals surface area contributed by atoms with Crippen LogP contribution < -0.4 is 15.5 Å². The van der Waals surface area contributed by atoms with Crippen molar-refractivity contribution in [3.05, 3.63) is 53.1 Å². The van der Waals surface area contributed by atoms with Crippen molar-refractivity contribution in [1.29, 1.82) is 10.8 Å². The average molecular weight is 563 g/mol. The summed E-state index contributed by atoms with van der Waals surface area (Å²) < 4.78 is 56.2. The molecule has 14 heteroatoms. The van der Waals surface area contributed by atoms with Gasteiger partial charge in [-0.2, -0.15) is 13.2 Å². The van der Waals surface area contributed by atoms with E-state index in [1.807, 2.05) is 18.2 Å². The molecule has 4 rings (SSSR count). The summed E-state index contributed by atoms with van der Waals surface area (Å²) in [5.74, 6) is 0.0591. The molecular formula is C22H24ClF3N5O3S2-. The van der Waals surface area contributed by atoms with Crippen LogP contribution in [0.25, 0.3) is 0 Å². The number of hydrogen-bond donors (Lipinski definition) is 3. The Balaban J connectivity index is 0.000000376. The fourth-order valence-corrected chi connectivity index (χ4v) is 4.92. The minimum Gasteiger partial charge on any atom is -0.768 e. The molecule has 0 aromatic heterocycles. The van der Waals surface area contributed by atoms with Gasteiger partial charge in [0.25, 0.3) is 0 Å². The lowest BCUT2D eigenvalue weighted by Gasteiger charge is -2.35. The maximum absolute atomic E-state index is 13.0. The number of nitrogens with one attached hydrogen (secondary N) is 2. The molecule has 0 saturated carbocycles. The zero-order valence-corrected chi connectivity index (χ0v) is 21.1. The molecule has 0 radical (unpaired) electrons. The molecule has 0 bridgehead atoms. The smallest absolute Gasteiger partial charge is 0.439 e. The number of carbonyl (C=O) groups is 1. The quantitative estimate of drug-likeness (QED) is 0.285. The molecular weight excluding hydrogens is 539 g/mol. The lowest BCUT2D eigenvalue weighted by Crippen LogP contribution is -2.44. The van der Waals surface area contributed by atoms with E-state index in [4.69, 9.17) is 22.4 Å². The van der Waals surface area contributed by atoms with E-state index in [0.717, 1.165) is 42.2 Å². The van der Waals surface area contributed by atoms with E-state index in [1.54, 1.807) is 17.0 Å². The van der Waals surface area contributed by atoms with Crippen LogP contribution in [-0.2, 0) is 22.3 Å². The number of nitrogens with zero attached hydrogens (tertiary/aromatic N) is 2. The normalized spacial score (nSPS) is 18.2. The van der Waals surface area contributed by atoms with Crippen LogP contribution in [0.15, 0.2) is 47.4 Å². The average Bonchev–Trinajstić information content (AvgIpc) is 3.19. The first kappa shape index (κ1) is 28.0. The minimum absolute atomic E-state index is 0. The van der Waals surface area contributed by atoms with Crippen molar-refractivity contribution in [2.24, 2.45) is 5.73 Å². The Kier molecular flexibility index (Phi) is 9.03. The minimum atomic E-state index is -4.68. The van der Waals surface area contributed by atoms with Gasteiger partial charge >= 0.3 is 6.18 Å². The van der Waals surface area contributed by atoms with Gasteiger partial charge in [-0.1, -0.05) is 11.6 Å². The van der Waals surface area contributed by atoms with Crippen molar-refractivity contribution in [3.63, 3.8) is 0 Å². The van der Waals surface area contributed by atoms with Gasteiger partial charge in [-0.3, -0.25) is 19.8 Å². The van der Waals surface area contributed by atoms with Gasteiger partial charge in [0, 0.05) is 35.8 Å². The monoisotopic (exact) mass is 562 g/mol. The zero-order chi connectivity index (χ0) is 26.6. The summed E-state index contributed by atoms with van der Waals surface area (Å²) >= 11 is 3.74. The molecule has 2 aromatic carbocycles. The highest BCUT2D eigenvalue weighted by atomic mass is 35.5. The summed E-state index contributed by atoms with van der Waals surface area (Å²) in [5, 5.41) is 11.1. The second kappa shape index (κ2) is 11.6. The van der Waals surface area contributed by atoms with Crippen molar-refractivity contribution in [3.8, 4) is 0 Å². The van der Waals surface area contributed by atoms with Crippen molar-refractivity contribution < 1.29 is 28.2 Å². The van der Waals surface area contributed by atoms with Gasteiger partial charge in [-0.25, -0.2) is 0 Å². The Hall–Kier alpha value is -2.61. The molecule has 2 aliphatic heterocycles. The third-order valence-electron chi connectivity index (χ3n) is 5.56. The summed E-state index contributed by atoms with van der Waals surface area (Å²) in [7, 11) is 0. The molecule has 2 atom stereocenters.